The predicted molar refractivity (Wildman–Crippen MR) is 109 cm³/mol. The van der Waals surface area contributed by atoms with Crippen LogP contribution in [0.15, 0.2) is 59.8 Å². The summed E-state index contributed by atoms with van der Waals surface area (Å²) in [7, 11) is 1.43. The van der Waals surface area contributed by atoms with E-state index in [1.807, 2.05) is 30.3 Å². The number of nitrogens with one attached hydrogen (secondary N) is 2. The number of halogens is 1. The molecule has 7 nitrogen and oxygen atoms in total. The minimum Gasteiger partial charge on any atom is -0.341 e. The van der Waals surface area contributed by atoms with Gasteiger partial charge < -0.3 is 5.32 Å². The van der Waals surface area contributed by atoms with Crippen LogP contribution in [0.5, 0.6) is 0 Å². The van der Waals surface area contributed by atoms with Gasteiger partial charge in [0.05, 0.1) is 17.4 Å². The van der Waals surface area contributed by atoms with Crippen LogP contribution in [0.4, 0.5) is 9.18 Å². The summed E-state index contributed by atoms with van der Waals surface area (Å²) in [4.78, 5) is 23.6. The Kier molecular flexibility index (Phi) is 6.61. The SMILES string of the molecule is CNC(=O)NC(=O)[C@H](C)Sc1nnc(-c2ccccc2F)n1Cc1ccccc1. The van der Waals surface area contributed by atoms with E-state index in [4.69, 9.17) is 0 Å². The Labute approximate surface area is 171 Å². The van der Waals surface area contributed by atoms with Crippen molar-refractivity contribution in [1.82, 2.24) is 25.4 Å². The summed E-state index contributed by atoms with van der Waals surface area (Å²) in [6.45, 7) is 2.07. The Morgan fingerprint density at radius 2 is 1.79 bits per heavy atom. The first-order chi connectivity index (χ1) is 14.0. The maximum Gasteiger partial charge on any atom is 0.321 e. The number of carbonyl (C=O) groups excluding carboxylic acids is 2. The van der Waals surface area contributed by atoms with E-state index >= 15 is 0 Å². The summed E-state index contributed by atoms with van der Waals surface area (Å²) in [5, 5.41) is 12.8. The molecule has 0 aliphatic carbocycles. The van der Waals surface area contributed by atoms with Gasteiger partial charge in [-0.3, -0.25) is 14.7 Å². The first-order valence-electron chi connectivity index (χ1n) is 8.91. The van der Waals surface area contributed by atoms with E-state index in [-0.39, 0.29) is 0 Å². The van der Waals surface area contributed by atoms with Crippen LogP contribution in [0, 0.1) is 5.82 Å². The van der Waals surface area contributed by atoms with Crippen LogP contribution in [0.3, 0.4) is 0 Å². The van der Waals surface area contributed by atoms with Crippen molar-refractivity contribution in [3.63, 3.8) is 0 Å². The summed E-state index contributed by atoms with van der Waals surface area (Å²) < 4.78 is 16.1. The minimum atomic E-state index is -0.612. The molecule has 2 N–H and O–H groups in total. The number of aromatic nitrogens is 3. The number of amides is 3. The van der Waals surface area contributed by atoms with Gasteiger partial charge in [0.1, 0.15) is 5.82 Å². The summed E-state index contributed by atoms with van der Waals surface area (Å²) in [5.74, 6) is -0.499. The largest absolute Gasteiger partial charge is 0.341 e. The number of hydrogen-bond donors (Lipinski definition) is 2. The molecule has 2 aromatic carbocycles. The quantitative estimate of drug-likeness (QED) is 0.607. The van der Waals surface area contributed by atoms with Gasteiger partial charge in [-0.2, -0.15) is 0 Å². The van der Waals surface area contributed by atoms with Crippen molar-refractivity contribution in [3.8, 4) is 11.4 Å². The third-order valence-corrected chi connectivity index (χ3v) is 5.21. The van der Waals surface area contributed by atoms with E-state index in [1.165, 1.54) is 13.1 Å². The Morgan fingerprint density at radius 1 is 1.10 bits per heavy atom. The Balaban J connectivity index is 1.93. The molecular weight excluding hydrogens is 393 g/mol. The average Bonchev–Trinajstić information content (AvgIpc) is 3.10. The lowest BCUT2D eigenvalue weighted by molar-refractivity contribution is -0.119. The Morgan fingerprint density at radius 3 is 2.48 bits per heavy atom. The standard InChI is InChI=1S/C20H20FN5O2S/c1-13(18(27)23-19(28)22-2)29-20-25-24-17(15-10-6-7-11-16(15)21)26(20)12-14-8-4-3-5-9-14/h3-11,13H,12H2,1-2H3,(H2,22,23,27,28)/t13-/m0/s1. The molecule has 3 amide bonds. The van der Waals surface area contributed by atoms with Crippen LogP contribution in [0.2, 0.25) is 0 Å². The van der Waals surface area contributed by atoms with Crippen molar-refractivity contribution in [2.45, 2.75) is 23.9 Å². The van der Waals surface area contributed by atoms with Crippen molar-refractivity contribution in [3.05, 3.63) is 66.0 Å². The van der Waals surface area contributed by atoms with E-state index in [0.29, 0.717) is 23.1 Å². The van der Waals surface area contributed by atoms with Gasteiger partial charge in [-0.1, -0.05) is 54.2 Å². The number of thioether (sulfide) groups is 1. The highest BCUT2D eigenvalue weighted by Gasteiger charge is 2.23. The number of carbonyl (C=O) groups is 2. The van der Waals surface area contributed by atoms with E-state index in [1.54, 1.807) is 29.7 Å². The first-order valence-corrected chi connectivity index (χ1v) is 9.78. The van der Waals surface area contributed by atoms with Gasteiger partial charge in [0.2, 0.25) is 5.91 Å². The second-order valence-corrected chi connectivity index (χ2v) is 7.49. The number of benzene rings is 2. The zero-order valence-corrected chi connectivity index (χ0v) is 16.7. The number of nitrogens with zero attached hydrogens (tertiary/aromatic N) is 3. The van der Waals surface area contributed by atoms with Crippen molar-refractivity contribution < 1.29 is 14.0 Å². The zero-order valence-electron chi connectivity index (χ0n) is 15.9. The fraction of sp³-hybridized carbons (Fsp3) is 0.200. The molecule has 1 atom stereocenters. The number of rotatable bonds is 6. The Hall–Kier alpha value is -3.20. The lowest BCUT2D eigenvalue weighted by atomic mass is 10.2. The van der Waals surface area contributed by atoms with Gasteiger partial charge in [0.25, 0.3) is 0 Å². The molecule has 0 saturated carbocycles. The maximum atomic E-state index is 14.4. The predicted octanol–water partition coefficient (Wildman–Crippen LogP) is 3.07. The molecule has 1 aromatic heterocycles. The van der Waals surface area contributed by atoms with Crippen LogP contribution >= 0.6 is 11.8 Å². The molecule has 0 fully saturated rings. The molecule has 150 valence electrons. The van der Waals surface area contributed by atoms with Gasteiger partial charge in [0, 0.05) is 7.05 Å². The normalized spacial score (nSPS) is 11.7. The van der Waals surface area contributed by atoms with Crippen LogP contribution in [0.1, 0.15) is 12.5 Å². The lowest BCUT2D eigenvalue weighted by Gasteiger charge is -2.14. The lowest BCUT2D eigenvalue weighted by Crippen LogP contribution is -2.41. The molecular formula is C20H20FN5O2S. The third kappa shape index (κ3) is 5.00. The van der Waals surface area contributed by atoms with Crippen LogP contribution in [-0.2, 0) is 11.3 Å². The molecule has 0 aliphatic heterocycles. The fourth-order valence-electron chi connectivity index (χ4n) is 2.61. The van der Waals surface area contributed by atoms with Gasteiger partial charge >= 0.3 is 6.03 Å². The average molecular weight is 413 g/mol. The molecule has 0 aliphatic rings. The van der Waals surface area contributed by atoms with Gasteiger partial charge in [0.15, 0.2) is 11.0 Å². The summed E-state index contributed by atoms with van der Waals surface area (Å²) in [5.41, 5.74) is 1.31. The number of urea groups is 1. The second kappa shape index (κ2) is 9.33. The summed E-state index contributed by atoms with van der Waals surface area (Å²) >= 11 is 1.15. The highest BCUT2D eigenvalue weighted by atomic mass is 32.2. The molecule has 0 bridgehead atoms. The molecule has 3 rings (SSSR count). The number of hydrogen-bond acceptors (Lipinski definition) is 5. The molecule has 1 heterocycles. The Bertz CT molecular complexity index is 1010. The fourth-order valence-corrected chi connectivity index (χ4v) is 3.46. The smallest absolute Gasteiger partial charge is 0.321 e. The highest BCUT2D eigenvalue weighted by Crippen LogP contribution is 2.29. The van der Waals surface area contributed by atoms with Crippen molar-refractivity contribution in [2.75, 3.05) is 7.05 Å². The minimum absolute atomic E-state index is 0.324. The van der Waals surface area contributed by atoms with Crippen LogP contribution in [-0.4, -0.2) is 39.0 Å². The van der Waals surface area contributed by atoms with Crippen LogP contribution in [0.25, 0.3) is 11.4 Å². The number of imide groups is 1. The molecule has 0 saturated heterocycles. The molecule has 0 unspecified atom stereocenters. The second-order valence-electron chi connectivity index (χ2n) is 6.19. The molecule has 0 spiro atoms. The third-order valence-electron chi connectivity index (χ3n) is 4.13. The molecule has 0 radical (unpaired) electrons. The van der Waals surface area contributed by atoms with Crippen molar-refractivity contribution in [1.29, 1.82) is 0 Å². The highest BCUT2D eigenvalue weighted by molar-refractivity contribution is 8.00. The first kappa shape index (κ1) is 20.5. The van der Waals surface area contributed by atoms with E-state index in [0.717, 1.165) is 17.3 Å². The van der Waals surface area contributed by atoms with E-state index in [2.05, 4.69) is 20.8 Å². The zero-order chi connectivity index (χ0) is 20.8. The van der Waals surface area contributed by atoms with Gasteiger partial charge in [-0.25, -0.2) is 9.18 Å². The molecule has 9 heteroatoms. The van der Waals surface area contributed by atoms with Crippen molar-refractivity contribution >= 4 is 23.7 Å². The maximum absolute atomic E-state index is 14.4. The summed E-state index contributed by atoms with van der Waals surface area (Å²) in [6, 6.07) is 15.4. The van der Waals surface area contributed by atoms with E-state index < -0.39 is 23.0 Å². The topological polar surface area (TPSA) is 88.9 Å². The van der Waals surface area contributed by atoms with E-state index in [9.17, 15) is 14.0 Å². The van der Waals surface area contributed by atoms with Crippen LogP contribution < -0.4 is 10.6 Å². The van der Waals surface area contributed by atoms with Gasteiger partial charge in [-0.05, 0) is 24.6 Å². The molecule has 3 aromatic rings. The van der Waals surface area contributed by atoms with Crippen molar-refractivity contribution in [2.24, 2.45) is 0 Å². The summed E-state index contributed by atoms with van der Waals surface area (Å²) in [6.07, 6.45) is 0. The molecule has 29 heavy (non-hydrogen) atoms. The monoisotopic (exact) mass is 413 g/mol. The van der Waals surface area contributed by atoms with Gasteiger partial charge in [-0.15, -0.1) is 10.2 Å².